The molecule has 0 bridgehead atoms. The van der Waals surface area contributed by atoms with Gasteiger partial charge in [0.15, 0.2) is 0 Å². The first kappa shape index (κ1) is 12.5. The van der Waals surface area contributed by atoms with Gasteiger partial charge in [0.25, 0.3) is 5.91 Å². The largest absolute Gasteiger partial charge is 0.381 e. The predicted octanol–water partition coefficient (Wildman–Crippen LogP) is 2.50. The molecule has 1 saturated heterocycles. The van der Waals surface area contributed by atoms with Crippen LogP contribution in [0.15, 0.2) is 22.7 Å². The minimum absolute atomic E-state index is 0.0749. The Morgan fingerprint density at radius 3 is 2.82 bits per heavy atom. The number of halogens is 2. The van der Waals surface area contributed by atoms with Gasteiger partial charge in [0.1, 0.15) is 5.82 Å². The van der Waals surface area contributed by atoms with Crippen LogP contribution in [0.2, 0.25) is 0 Å². The number of amides is 1. The smallest absolute Gasteiger partial charge is 0.254 e. The Balaban J connectivity index is 2.05. The first-order valence-electron chi connectivity index (χ1n) is 5.50. The Labute approximate surface area is 107 Å². The summed E-state index contributed by atoms with van der Waals surface area (Å²) in [5.41, 5.74) is 0.0749. The molecule has 0 atom stereocenters. The number of carbonyl (C=O) groups excluding carboxylic acids is 1. The number of rotatable bonds is 2. The molecular weight excluding hydrogens is 289 g/mol. The average molecular weight is 302 g/mol. The molecule has 17 heavy (non-hydrogen) atoms. The summed E-state index contributed by atoms with van der Waals surface area (Å²) < 4.78 is 19.4. The van der Waals surface area contributed by atoms with Crippen molar-refractivity contribution in [3.05, 3.63) is 34.1 Å². The second-order valence-corrected chi connectivity index (χ2v) is 4.90. The third-order valence-corrected chi connectivity index (χ3v) is 3.22. The highest BCUT2D eigenvalue weighted by Crippen LogP contribution is 2.16. The summed E-state index contributed by atoms with van der Waals surface area (Å²) in [5.74, 6) is -0.867. The van der Waals surface area contributed by atoms with Crippen molar-refractivity contribution in [2.24, 2.45) is 0 Å². The lowest BCUT2D eigenvalue weighted by atomic mass is 10.1. The van der Waals surface area contributed by atoms with Crippen LogP contribution in [0.5, 0.6) is 0 Å². The van der Waals surface area contributed by atoms with Crippen LogP contribution in [-0.2, 0) is 4.74 Å². The Bertz CT molecular complexity index is 419. The van der Waals surface area contributed by atoms with Crippen molar-refractivity contribution in [2.75, 3.05) is 13.2 Å². The molecule has 0 aromatic heterocycles. The van der Waals surface area contributed by atoms with Crippen molar-refractivity contribution in [2.45, 2.75) is 18.9 Å². The molecule has 5 heteroatoms. The first-order valence-corrected chi connectivity index (χ1v) is 6.30. The van der Waals surface area contributed by atoms with Crippen LogP contribution in [0.25, 0.3) is 0 Å². The van der Waals surface area contributed by atoms with Crippen LogP contribution < -0.4 is 5.32 Å². The van der Waals surface area contributed by atoms with Crippen molar-refractivity contribution in [1.82, 2.24) is 5.32 Å². The number of benzene rings is 1. The molecular formula is C12H13BrFNO2. The first-order chi connectivity index (χ1) is 8.16. The molecule has 0 radical (unpaired) electrons. The molecule has 1 aliphatic heterocycles. The van der Waals surface area contributed by atoms with E-state index in [-0.39, 0.29) is 17.5 Å². The molecule has 1 fully saturated rings. The van der Waals surface area contributed by atoms with Gasteiger partial charge in [0.05, 0.1) is 5.56 Å². The molecule has 1 amide bonds. The fraction of sp³-hybridized carbons (Fsp3) is 0.417. The third kappa shape index (κ3) is 3.26. The highest BCUT2D eigenvalue weighted by atomic mass is 79.9. The van der Waals surface area contributed by atoms with Crippen LogP contribution in [0.1, 0.15) is 23.2 Å². The zero-order valence-corrected chi connectivity index (χ0v) is 10.8. The van der Waals surface area contributed by atoms with Crippen molar-refractivity contribution in [3.8, 4) is 0 Å². The van der Waals surface area contributed by atoms with Crippen LogP contribution in [-0.4, -0.2) is 25.2 Å². The van der Waals surface area contributed by atoms with E-state index in [0.29, 0.717) is 17.7 Å². The standard InChI is InChI=1S/C12H13BrFNO2/c13-8-1-2-11(14)10(7-8)12(16)15-9-3-5-17-6-4-9/h1-2,7,9H,3-6H2,(H,15,16). The molecule has 1 N–H and O–H groups in total. The molecule has 0 saturated carbocycles. The van der Waals surface area contributed by atoms with Gasteiger partial charge in [-0.15, -0.1) is 0 Å². The third-order valence-electron chi connectivity index (χ3n) is 2.73. The Morgan fingerprint density at radius 2 is 2.12 bits per heavy atom. The summed E-state index contributed by atoms with van der Waals surface area (Å²) in [5, 5.41) is 2.82. The number of hydrogen-bond acceptors (Lipinski definition) is 2. The molecule has 92 valence electrons. The van der Waals surface area contributed by atoms with Gasteiger partial charge in [0, 0.05) is 23.7 Å². The van der Waals surface area contributed by atoms with E-state index >= 15 is 0 Å². The van der Waals surface area contributed by atoms with E-state index in [2.05, 4.69) is 21.2 Å². The highest BCUT2D eigenvalue weighted by Gasteiger charge is 2.19. The Hall–Kier alpha value is -0.940. The Kier molecular flexibility index (Phi) is 4.12. The molecule has 1 aromatic carbocycles. The number of carbonyl (C=O) groups is 1. The fourth-order valence-electron chi connectivity index (χ4n) is 1.78. The van der Waals surface area contributed by atoms with Gasteiger partial charge in [-0.2, -0.15) is 0 Å². The van der Waals surface area contributed by atoms with Gasteiger partial charge in [-0.1, -0.05) is 15.9 Å². The molecule has 2 rings (SSSR count). The average Bonchev–Trinajstić information content (AvgIpc) is 2.33. The summed E-state index contributed by atoms with van der Waals surface area (Å²) >= 11 is 3.22. The molecule has 0 aliphatic carbocycles. The maximum absolute atomic E-state index is 13.5. The zero-order valence-electron chi connectivity index (χ0n) is 9.21. The summed E-state index contributed by atoms with van der Waals surface area (Å²) in [6, 6.07) is 4.42. The van der Waals surface area contributed by atoms with Gasteiger partial charge < -0.3 is 10.1 Å². The molecule has 3 nitrogen and oxygen atoms in total. The van der Waals surface area contributed by atoms with E-state index < -0.39 is 5.82 Å². The minimum atomic E-state index is -0.502. The summed E-state index contributed by atoms with van der Waals surface area (Å²) in [6.45, 7) is 1.29. The Morgan fingerprint density at radius 1 is 1.41 bits per heavy atom. The SMILES string of the molecule is O=C(NC1CCOCC1)c1cc(Br)ccc1F. The quantitative estimate of drug-likeness (QED) is 0.911. The lowest BCUT2D eigenvalue weighted by molar-refractivity contribution is 0.0694. The second kappa shape index (κ2) is 5.60. The van der Waals surface area contributed by atoms with E-state index in [0.717, 1.165) is 12.8 Å². The molecule has 1 aromatic rings. The molecule has 0 unspecified atom stereocenters. The lowest BCUT2D eigenvalue weighted by Crippen LogP contribution is -2.39. The summed E-state index contributed by atoms with van der Waals surface area (Å²) in [7, 11) is 0. The second-order valence-electron chi connectivity index (χ2n) is 3.98. The number of nitrogens with one attached hydrogen (secondary N) is 1. The maximum Gasteiger partial charge on any atom is 0.254 e. The van der Waals surface area contributed by atoms with Crippen LogP contribution in [0.3, 0.4) is 0 Å². The van der Waals surface area contributed by atoms with Crippen LogP contribution in [0, 0.1) is 5.82 Å². The predicted molar refractivity (Wildman–Crippen MR) is 65.4 cm³/mol. The minimum Gasteiger partial charge on any atom is -0.381 e. The summed E-state index contributed by atoms with van der Waals surface area (Å²) in [4.78, 5) is 11.9. The normalized spacial score (nSPS) is 16.8. The van der Waals surface area contributed by atoms with Gasteiger partial charge in [-0.25, -0.2) is 4.39 Å². The van der Waals surface area contributed by atoms with Gasteiger partial charge in [-0.3, -0.25) is 4.79 Å². The van der Waals surface area contributed by atoms with Crippen molar-refractivity contribution < 1.29 is 13.9 Å². The monoisotopic (exact) mass is 301 g/mol. The van der Waals surface area contributed by atoms with Gasteiger partial charge in [0.2, 0.25) is 0 Å². The summed E-state index contributed by atoms with van der Waals surface area (Å²) in [6.07, 6.45) is 1.56. The van der Waals surface area contributed by atoms with Crippen molar-refractivity contribution >= 4 is 21.8 Å². The van der Waals surface area contributed by atoms with Gasteiger partial charge >= 0.3 is 0 Å². The molecule has 1 heterocycles. The number of hydrogen-bond donors (Lipinski definition) is 1. The van der Waals surface area contributed by atoms with E-state index in [1.54, 1.807) is 6.07 Å². The zero-order chi connectivity index (χ0) is 12.3. The van der Waals surface area contributed by atoms with E-state index in [1.807, 2.05) is 0 Å². The van der Waals surface area contributed by atoms with E-state index in [4.69, 9.17) is 4.74 Å². The van der Waals surface area contributed by atoms with Crippen molar-refractivity contribution in [1.29, 1.82) is 0 Å². The lowest BCUT2D eigenvalue weighted by Gasteiger charge is -2.23. The van der Waals surface area contributed by atoms with Crippen molar-refractivity contribution in [3.63, 3.8) is 0 Å². The van der Waals surface area contributed by atoms with Crippen LogP contribution in [0.4, 0.5) is 4.39 Å². The highest BCUT2D eigenvalue weighted by molar-refractivity contribution is 9.10. The van der Waals surface area contributed by atoms with E-state index in [9.17, 15) is 9.18 Å². The van der Waals surface area contributed by atoms with Gasteiger partial charge in [-0.05, 0) is 31.0 Å². The van der Waals surface area contributed by atoms with Crippen LogP contribution >= 0.6 is 15.9 Å². The molecule has 1 aliphatic rings. The number of ether oxygens (including phenoxy) is 1. The van der Waals surface area contributed by atoms with E-state index in [1.165, 1.54) is 12.1 Å². The maximum atomic E-state index is 13.5. The fourth-order valence-corrected chi connectivity index (χ4v) is 2.14. The topological polar surface area (TPSA) is 38.3 Å². The molecule has 0 spiro atoms.